The van der Waals surface area contributed by atoms with Crippen LogP contribution in [0.15, 0.2) is 36.5 Å². The average molecular weight is 296 g/mol. The van der Waals surface area contributed by atoms with Crippen molar-refractivity contribution in [3.63, 3.8) is 0 Å². The van der Waals surface area contributed by atoms with Crippen LogP contribution in [0.3, 0.4) is 0 Å². The molecule has 1 aromatic heterocycles. The van der Waals surface area contributed by atoms with Crippen molar-refractivity contribution in [3.05, 3.63) is 63.2 Å². The second kappa shape index (κ2) is 5.62. The van der Waals surface area contributed by atoms with Crippen molar-refractivity contribution in [3.8, 4) is 0 Å². The van der Waals surface area contributed by atoms with Gasteiger partial charge in [-0.1, -0.05) is 11.6 Å². The van der Waals surface area contributed by atoms with E-state index in [0.717, 1.165) is 18.2 Å². The first-order chi connectivity index (χ1) is 9.49. The van der Waals surface area contributed by atoms with Gasteiger partial charge in [-0.05, 0) is 24.3 Å². The number of carbonyl (C=O) groups is 1. The summed E-state index contributed by atoms with van der Waals surface area (Å²) in [6.07, 6.45) is 1.40. The molecule has 0 aliphatic carbocycles. The summed E-state index contributed by atoms with van der Waals surface area (Å²) in [5, 5.41) is 13.1. The maximum absolute atomic E-state index is 13.0. The Morgan fingerprint density at radius 3 is 2.80 bits per heavy atom. The zero-order valence-corrected chi connectivity index (χ0v) is 10.6. The number of anilines is 1. The fourth-order valence-corrected chi connectivity index (χ4v) is 1.71. The van der Waals surface area contributed by atoms with Crippen LogP contribution in [0.5, 0.6) is 0 Å². The van der Waals surface area contributed by atoms with Crippen molar-refractivity contribution < 1.29 is 14.1 Å². The topological polar surface area (TPSA) is 85.1 Å². The third-order valence-electron chi connectivity index (χ3n) is 2.41. The molecule has 1 N–H and O–H groups in total. The van der Waals surface area contributed by atoms with Crippen LogP contribution >= 0.6 is 11.6 Å². The van der Waals surface area contributed by atoms with Gasteiger partial charge in [-0.2, -0.15) is 0 Å². The minimum Gasteiger partial charge on any atom is -0.316 e. The molecule has 2 aromatic rings. The lowest BCUT2D eigenvalue weighted by molar-refractivity contribution is -0.384. The highest BCUT2D eigenvalue weighted by Gasteiger charge is 2.19. The second-order valence-corrected chi connectivity index (χ2v) is 4.07. The molecule has 102 valence electrons. The molecule has 0 unspecified atom stereocenters. The maximum Gasteiger partial charge on any atom is 0.295 e. The molecule has 8 heteroatoms. The monoisotopic (exact) mass is 295 g/mol. The SMILES string of the molecule is O=C(Nc1ccc(F)cc1[N+](=O)[O-])c1cccnc1Cl. The van der Waals surface area contributed by atoms with E-state index in [-0.39, 0.29) is 16.4 Å². The van der Waals surface area contributed by atoms with Gasteiger partial charge in [0.2, 0.25) is 0 Å². The normalized spacial score (nSPS) is 10.1. The third-order valence-corrected chi connectivity index (χ3v) is 2.71. The van der Waals surface area contributed by atoms with Crippen LogP contribution in [-0.2, 0) is 0 Å². The lowest BCUT2D eigenvalue weighted by atomic mass is 10.2. The van der Waals surface area contributed by atoms with E-state index in [0.29, 0.717) is 0 Å². The maximum atomic E-state index is 13.0. The Labute approximate surface area is 117 Å². The molecule has 0 saturated carbocycles. The molecule has 0 atom stereocenters. The highest BCUT2D eigenvalue weighted by molar-refractivity contribution is 6.33. The van der Waals surface area contributed by atoms with Gasteiger partial charge < -0.3 is 5.32 Å². The lowest BCUT2D eigenvalue weighted by Gasteiger charge is -2.06. The molecular weight excluding hydrogens is 289 g/mol. The highest BCUT2D eigenvalue weighted by atomic mass is 35.5. The predicted molar refractivity (Wildman–Crippen MR) is 70.3 cm³/mol. The van der Waals surface area contributed by atoms with Crippen LogP contribution in [-0.4, -0.2) is 15.8 Å². The van der Waals surface area contributed by atoms with Crippen molar-refractivity contribution in [1.29, 1.82) is 0 Å². The standard InChI is InChI=1S/C12H7ClFN3O3/c13-11-8(2-1-5-15-11)12(18)16-9-4-3-7(14)6-10(9)17(19)20/h1-6H,(H,16,18). The minimum atomic E-state index is -0.788. The quantitative estimate of drug-likeness (QED) is 0.536. The summed E-state index contributed by atoms with van der Waals surface area (Å²) < 4.78 is 13.0. The number of nitro benzene ring substituents is 1. The van der Waals surface area contributed by atoms with Gasteiger partial charge in [-0.25, -0.2) is 9.37 Å². The molecule has 6 nitrogen and oxygen atoms in total. The Balaban J connectivity index is 2.33. The fraction of sp³-hybridized carbons (Fsp3) is 0. The summed E-state index contributed by atoms with van der Waals surface area (Å²) in [7, 11) is 0. The number of pyridine rings is 1. The Hall–Kier alpha value is -2.54. The molecule has 0 saturated heterocycles. The fourth-order valence-electron chi connectivity index (χ4n) is 1.51. The van der Waals surface area contributed by atoms with Gasteiger partial charge in [0.25, 0.3) is 11.6 Å². The Morgan fingerprint density at radius 1 is 1.40 bits per heavy atom. The van der Waals surface area contributed by atoms with Crippen molar-refractivity contribution >= 4 is 28.9 Å². The molecule has 20 heavy (non-hydrogen) atoms. The lowest BCUT2D eigenvalue weighted by Crippen LogP contribution is -2.14. The number of benzene rings is 1. The van der Waals surface area contributed by atoms with Gasteiger partial charge in [0, 0.05) is 6.20 Å². The molecule has 0 aliphatic heterocycles. The minimum absolute atomic E-state index is 0.0326. The van der Waals surface area contributed by atoms with Gasteiger partial charge >= 0.3 is 0 Å². The van der Waals surface area contributed by atoms with Crippen molar-refractivity contribution in [1.82, 2.24) is 4.98 Å². The van der Waals surface area contributed by atoms with E-state index in [9.17, 15) is 19.3 Å². The molecule has 1 amide bonds. The van der Waals surface area contributed by atoms with Gasteiger partial charge in [0.15, 0.2) is 0 Å². The summed E-state index contributed by atoms with van der Waals surface area (Å²) in [6, 6.07) is 5.75. The Bertz CT molecular complexity index is 693. The number of hydrogen-bond acceptors (Lipinski definition) is 4. The zero-order valence-electron chi connectivity index (χ0n) is 9.84. The van der Waals surface area contributed by atoms with Crippen LogP contribution in [0, 0.1) is 15.9 Å². The highest BCUT2D eigenvalue weighted by Crippen LogP contribution is 2.26. The Morgan fingerprint density at radius 2 is 2.15 bits per heavy atom. The largest absolute Gasteiger partial charge is 0.316 e. The smallest absolute Gasteiger partial charge is 0.295 e. The number of hydrogen-bond donors (Lipinski definition) is 1. The van der Waals surface area contributed by atoms with Gasteiger partial charge in [0.05, 0.1) is 16.6 Å². The van der Waals surface area contributed by atoms with E-state index >= 15 is 0 Å². The average Bonchev–Trinajstić information content (AvgIpc) is 2.41. The molecule has 0 bridgehead atoms. The molecule has 1 heterocycles. The molecule has 0 spiro atoms. The molecular formula is C12H7ClFN3O3. The van der Waals surface area contributed by atoms with Crippen LogP contribution in [0.1, 0.15) is 10.4 Å². The number of halogens is 2. The van der Waals surface area contributed by atoms with E-state index in [4.69, 9.17) is 11.6 Å². The van der Waals surface area contributed by atoms with Gasteiger partial charge in [-0.3, -0.25) is 14.9 Å². The van der Waals surface area contributed by atoms with E-state index in [1.165, 1.54) is 18.3 Å². The zero-order chi connectivity index (χ0) is 14.7. The summed E-state index contributed by atoms with van der Waals surface area (Å²) in [4.78, 5) is 25.7. The summed E-state index contributed by atoms with van der Waals surface area (Å²) in [6.45, 7) is 0. The van der Waals surface area contributed by atoms with E-state index in [2.05, 4.69) is 10.3 Å². The Kier molecular flexibility index (Phi) is 3.90. The number of rotatable bonds is 3. The summed E-state index contributed by atoms with van der Waals surface area (Å²) >= 11 is 5.75. The van der Waals surface area contributed by atoms with Crippen LogP contribution in [0.25, 0.3) is 0 Å². The molecule has 0 radical (unpaired) electrons. The first-order valence-corrected chi connectivity index (χ1v) is 5.72. The predicted octanol–water partition coefficient (Wildman–Crippen LogP) is 3.03. The van der Waals surface area contributed by atoms with E-state index in [1.807, 2.05) is 0 Å². The molecule has 2 rings (SSSR count). The first-order valence-electron chi connectivity index (χ1n) is 5.35. The van der Waals surface area contributed by atoms with Crippen LogP contribution < -0.4 is 5.32 Å². The van der Waals surface area contributed by atoms with Crippen molar-refractivity contribution in [2.24, 2.45) is 0 Å². The number of nitrogens with one attached hydrogen (secondary N) is 1. The molecule has 0 fully saturated rings. The molecule has 1 aromatic carbocycles. The van der Waals surface area contributed by atoms with Crippen LogP contribution in [0.2, 0.25) is 5.15 Å². The number of carbonyl (C=O) groups excluding carboxylic acids is 1. The van der Waals surface area contributed by atoms with Crippen molar-refractivity contribution in [2.75, 3.05) is 5.32 Å². The van der Waals surface area contributed by atoms with Crippen LogP contribution in [0.4, 0.5) is 15.8 Å². The molecule has 0 aliphatic rings. The van der Waals surface area contributed by atoms with Gasteiger partial charge in [0.1, 0.15) is 16.7 Å². The second-order valence-electron chi connectivity index (χ2n) is 3.71. The van der Waals surface area contributed by atoms with E-state index < -0.39 is 22.3 Å². The number of amides is 1. The number of nitro groups is 1. The summed E-state index contributed by atoms with van der Waals surface area (Å²) in [5.41, 5.74) is -0.604. The van der Waals surface area contributed by atoms with Crippen molar-refractivity contribution in [2.45, 2.75) is 0 Å². The number of nitrogens with zero attached hydrogens (tertiary/aromatic N) is 2. The first kappa shape index (κ1) is 13.9. The summed E-state index contributed by atoms with van der Waals surface area (Å²) in [5.74, 6) is -1.44. The third kappa shape index (κ3) is 2.89. The number of aromatic nitrogens is 1. The van der Waals surface area contributed by atoms with E-state index in [1.54, 1.807) is 0 Å². The van der Waals surface area contributed by atoms with Gasteiger partial charge in [-0.15, -0.1) is 0 Å².